The quantitative estimate of drug-likeness (QED) is 0.718. The lowest BCUT2D eigenvalue weighted by Gasteiger charge is -2.40. The van der Waals surface area contributed by atoms with Crippen molar-refractivity contribution in [1.29, 1.82) is 0 Å². The average molecular weight is 368 g/mol. The standard InChI is InChI=1S/C20H33NO3S/c1-19(2)16-10-11-20(19,18(22)12-16)14-25(23,24)21(13-15-8-9-15)17-6-4-3-5-7-17/h15-17H,3-14H2,1-2H3. The fraction of sp³-hybridized carbons (Fsp3) is 0.950. The first kappa shape index (κ1) is 18.0. The summed E-state index contributed by atoms with van der Waals surface area (Å²) < 4.78 is 28.9. The molecule has 2 atom stereocenters. The summed E-state index contributed by atoms with van der Waals surface area (Å²) >= 11 is 0. The van der Waals surface area contributed by atoms with Crippen LogP contribution in [0.3, 0.4) is 0 Å². The molecule has 2 bridgehead atoms. The van der Waals surface area contributed by atoms with E-state index in [1.807, 2.05) is 4.31 Å². The highest BCUT2D eigenvalue weighted by atomic mass is 32.2. The minimum absolute atomic E-state index is 0.0611. The van der Waals surface area contributed by atoms with Crippen LogP contribution in [0.2, 0.25) is 0 Å². The Morgan fingerprint density at radius 3 is 2.24 bits per heavy atom. The van der Waals surface area contributed by atoms with Crippen molar-refractivity contribution in [3.8, 4) is 0 Å². The summed E-state index contributed by atoms with van der Waals surface area (Å²) in [7, 11) is -3.40. The molecule has 4 aliphatic carbocycles. The Kier molecular flexibility index (Phi) is 4.35. The molecule has 0 aliphatic heterocycles. The molecule has 0 aromatic heterocycles. The summed E-state index contributed by atoms with van der Waals surface area (Å²) in [6, 6.07) is 0.174. The third-order valence-corrected chi connectivity index (χ3v) is 10.1. The van der Waals surface area contributed by atoms with Crippen molar-refractivity contribution in [2.45, 2.75) is 84.1 Å². The van der Waals surface area contributed by atoms with Crippen molar-refractivity contribution >= 4 is 15.8 Å². The number of carbonyl (C=O) groups is 1. The topological polar surface area (TPSA) is 54.5 Å². The second kappa shape index (κ2) is 6.05. The van der Waals surface area contributed by atoms with Crippen LogP contribution in [0.5, 0.6) is 0 Å². The zero-order chi connectivity index (χ0) is 17.9. The minimum Gasteiger partial charge on any atom is -0.299 e. The SMILES string of the molecule is CC1(C)C2CCC1(CS(=O)(=O)N(CC1CC1)C1CCCCC1)C(=O)C2. The summed E-state index contributed by atoms with van der Waals surface area (Å²) in [6.45, 7) is 4.97. The predicted octanol–water partition coefficient (Wildman–Crippen LogP) is 3.76. The number of ketones is 1. The normalized spacial score (nSPS) is 35.6. The van der Waals surface area contributed by atoms with Gasteiger partial charge in [0, 0.05) is 24.4 Å². The molecule has 0 heterocycles. The van der Waals surface area contributed by atoms with Gasteiger partial charge >= 0.3 is 0 Å². The maximum atomic E-state index is 13.5. The number of nitrogens with zero attached hydrogens (tertiary/aromatic N) is 1. The van der Waals surface area contributed by atoms with Crippen molar-refractivity contribution in [2.75, 3.05) is 12.3 Å². The van der Waals surface area contributed by atoms with E-state index in [1.54, 1.807) is 0 Å². The van der Waals surface area contributed by atoms with Gasteiger partial charge in [-0.25, -0.2) is 8.42 Å². The number of fused-ring (bicyclic) bond motifs is 2. The van der Waals surface area contributed by atoms with E-state index in [-0.39, 0.29) is 23.0 Å². The smallest absolute Gasteiger partial charge is 0.215 e. The largest absolute Gasteiger partial charge is 0.299 e. The van der Waals surface area contributed by atoms with Gasteiger partial charge in [-0.2, -0.15) is 4.31 Å². The molecule has 4 saturated carbocycles. The molecular weight excluding hydrogens is 334 g/mol. The van der Waals surface area contributed by atoms with Gasteiger partial charge in [0.1, 0.15) is 5.78 Å². The molecule has 0 amide bonds. The van der Waals surface area contributed by atoms with Crippen LogP contribution in [0.25, 0.3) is 0 Å². The number of carbonyl (C=O) groups excluding carboxylic acids is 1. The molecule has 4 aliphatic rings. The number of hydrogen-bond acceptors (Lipinski definition) is 3. The van der Waals surface area contributed by atoms with Crippen molar-refractivity contribution in [1.82, 2.24) is 4.31 Å². The highest BCUT2D eigenvalue weighted by Crippen LogP contribution is 2.64. The Labute approximate surface area is 152 Å². The highest BCUT2D eigenvalue weighted by Gasteiger charge is 2.65. The van der Waals surface area contributed by atoms with Gasteiger partial charge in [-0.05, 0) is 55.8 Å². The van der Waals surface area contributed by atoms with Gasteiger partial charge in [0.15, 0.2) is 0 Å². The van der Waals surface area contributed by atoms with Crippen molar-refractivity contribution in [3.05, 3.63) is 0 Å². The van der Waals surface area contributed by atoms with E-state index in [2.05, 4.69) is 13.8 Å². The first-order valence-corrected chi connectivity index (χ1v) is 11.9. The molecule has 0 saturated heterocycles. The maximum absolute atomic E-state index is 13.5. The van der Waals surface area contributed by atoms with Crippen LogP contribution in [-0.2, 0) is 14.8 Å². The van der Waals surface area contributed by atoms with E-state index in [4.69, 9.17) is 0 Å². The second-order valence-corrected chi connectivity index (χ2v) is 11.6. The third kappa shape index (κ3) is 2.90. The van der Waals surface area contributed by atoms with Gasteiger partial charge in [-0.1, -0.05) is 33.1 Å². The minimum atomic E-state index is -3.40. The lowest BCUT2D eigenvalue weighted by Crippen LogP contribution is -2.50. The lowest BCUT2D eigenvalue weighted by molar-refractivity contribution is -0.128. The van der Waals surface area contributed by atoms with Crippen LogP contribution in [-0.4, -0.2) is 36.8 Å². The molecule has 0 spiro atoms. The van der Waals surface area contributed by atoms with E-state index in [0.29, 0.717) is 24.8 Å². The van der Waals surface area contributed by atoms with Crippen LogP contribution < -0.4 is 0 Å². The van der Waals surface area contributed by atoms with E-state index in [9.17, 15) is 13.2 Å². The summed E-state index contributed by atoms with van der Waals surface area (Å²) in [6.07, 6.45) is 10.2. The van der Waals surface area contributed by atoms with Gasteiger partial charge in [0.2, 0.25) is 10.0 Å². The fourth-order valence-corrected chi connectivity index (χ4v) is 8.49. The third-order valence-electron chi connectivity index (χ3n) is 8.04. The van der Waals surface area contributed by atoms with Crippen molar-refractivity contribution < 1.29 is 13.2 Å². The molecular formula is C20H33NO3S. The number of sulfonamides is 1. The van der Waals surface area contributed by atoms with Crippen LogP contribution >= 0.6 is 0 Å². The molecule has 0 aromatic rings. The Morgan fingerprint density at radius 2 is 1.72 bits per heavy atom. The Morgan fingerprint density at radius 1 is 1.04 bits per heavy atom. The molecule has 2 unspecified atom stereocenters. The fourth-order valence-electron chi connectivity index (χ4n) is 5.92. The zero-order valence-electron chi connectivity index (χ0n) is 15.8. The van der Waals surface area contributed by atoms with Gasteiger partial charge in [-0.15, -0.1) is 0 Å². The molecule has 4 fully saturated rings. The Hall–Kier alpha value is -0.420. The molecule has 25 heavy (non-hydrogen) atoms. The molecule has 142 valence electrons. The summed E-state index contributed by atoms with van der Waals surface area (Å²) in [5.41, 5.74) is -0.804. The Bertz CT molecular complexity index is 646. The van der Waals surface area contributed by atoms with Crippen LogP contribution in [0.15, 0.2) is 0 Å². The van der Waals surface area contributed by atoms with Gasteiger partial charge in [0.25, 0.3) is 0 Å². The molecule has 0 aromatic carbocycles. The average Bonchev–Trinajstić information content (AvgIpc) is 3.32. The molecule has 4 nitrogen and oxygen atoms in total. The monoisotopic (exact) mass is 367 g/mol. The lowest BCUT2D eigenvalue weighted by atomic mass is 9.70. The molecule has 5 heteroatoms. The number of rotatable bonds is 6. The van der Waals surface area contributed by atoms with E-state index >= 15 is 0 Å². The van der Waals surface area contributed by atoms with Gasteiger partial charge < -0.3 is 0 Å². The number of hydrogen-bond donors (Lipinski definition) is 0. The summed E-state index contributed by atoms with van der Waals surface area (Å²) in [5.74, 6) is 1.21. The Balaban J connectivity index is 1.61. The summed E-state index contributed by atoms with van der Waals surface area (Å²) in [4.78, 5) is 12.8. The molecule has 0 radical (unpaired) electrons. The van der Waals surface area contributed by atoms with Gasteiger partial charge in [-0.3, -0.25) is 4.79 Å². The first-order chi connectivity index (χ1) is 11.8. The van der Waals surface area contributed by atoms with Crippen molar-refractivity contribution in [3.63, 3.8) is 0 Å². The molecule has 0 N–H and O–H groups in total. The highest BCUT2D eigenvalue weighted by molar-refractivity contribution is 7.89. The van der Waals surface area contributed by atoms with Crippen LogP contribution in [0.1, 0.15) is 78.1 Å². The van der Waals surface area contributed by atoms with E-state index < -0.39 is 15.4 Å². The number of Topliss-reactive ketones (excluding diaryl/α,β-unsaturated/α-hetero) is 1. The summed E-state index contributed by atoms with van der Waals surface area (Å²) in [5, 5.41) is 0. The van der Waals surface area contributed by atoms with Crippen LogP contribution in [0, 0.1) is 22.7 Å². The van der Waals surface area contributed by atoms with E-state index in [1.165, 1.54) is 6.42 Å². The van der Waals surface area contributed by atoms with Crippen molar-refractivity contribution in [2.24, 2.45) is 22.7 Å². The van der Waals surface area contributed by atoms with E-state index in [0.717, 1.165) is 51.4 Å². The zero-order valence-corrected chi connectivity index (χ0v) is 16.6. The van der Waals surface area contributed by atoms with Crippen LogP contribution in [0.4, 0.5) is 0 Å². The van der Waals surface area contributed by atoms with Gasteiger partial charge in [0.05, 0.1) is 5.75 Å². The maximum Gasteiger partial charge on any atom is 0.215 e. The second-order valence-electron chi connectivity index (χ2n) is 9.73. The molecule has 4 rings (SSSR count). The first-order valence-electron chi connectivity index (χ1n) is 10.3. The predicted molar refractivity (Wildman–Crippen MR) is 98.7 cm³/mol.